The Hall–Kier alpha value is -1.59. The quantitative estimate of drug-likeness (QED) is 0.863. The van der Waals surface area contributed by atoms with Gasteiger partial charge in [-0.05, 0) is 31.5 Å². The molecule has 0 aromatic heterocycles. The van der Waals surface area contributed by atoms with Crippen LogP contribution in [0.15, 0.2) is 24.3 Å². The van der Waals surface area contributed by atoms with Crippen molar-refractivity contribution in [1.82, 2.24) is 9.80 Å². The number of hydrogen-bond acceptors (Lipinski definition) is 4. The van der Waals surface area contributed by atoms with Gasteiger partial charge in [0, 0.05) is 32.7 Å². The van der Waals surface area contributed by atoms with Crippen molar-refractivity contribution in [3.05, 3.63) is 29.8 Å². The molecule has 1 heterocycles. The molecule has 2 rings (SSSR count). The van der Waals surface area contributed by atoms with Crippen molar-refractivity contribution in [2.75, 3.05) is 32.7 Å². The number of β-amino-alcohol motifs (C(OH)–C–C–N with tert-alkyl or cyclic N) is 1. The molecule has 0 radical (unpaired) electrons. The second-order valence-corrected chi connectivity index (χ2v) is 6.32. The summed E-state index contributed by atoms with van der Waals surface area (Å²) in [5.74, 6) is 0.277. The Kier molecular flexibility index (Phi) is 4.85. The summed E-state index contributed by atoms with van der Waals surface area (Å²) in [4.78, 5) is 16.3. The molecule has 21 heavy (non-hydrogen) atoms. The second-order valence-electron chi connectivity index (χ2n) is 6.32. The fourth-order valence-corrected chi connectivity index (χ4v) is 2.66. The zero-order chi connectivity index (χ0) is 15.5. The van der Waals surface area contributed by atoms with E-state index in [1.165, 1.54) is 0 Å². The van der Waals surface area contributed by atoms with Gasteiger partial charge in [0.25, 0.3) is 0 Å². The largest absolute Gasteiger partial charge is 0.508 e. The highest BCUT2D eigenvalue weighted by Gasteiger charge is 2.24. The number of carbonyl (C=O) groups is 1. The SMILES string of the molecule is CC(C)(O)CN1CCN(C(=O)Cc2cccc(O)c2)CC1. The number of nitrogens with zero attached hydrogens (tertiary/aromatic N) is 2. The summed E-state index contributed by atoms with van der Waals surface area (Å²) in [6.07, 6.45) is 0.319. The van der Waals surface area contributed by atoms with Gasteiger partial charge in [0.05, 0.1) is 12.0 Å². The van der Waals surface area contributed by atoms with Crippen LogP contribution in [0.3, 0.4) is 0 Å². The molecule has 0 aliphatic carbocycles. The van der Waals surface area contributed by atoms with Crippen LogP contribution in [0.1, 0.15) is 19.4 Å². The summed E-state index contributed by atoms with van der Waals surface area (Å²) in [6.45, 7) is 7.17. The minimum absolute atomic E-state index is 0.0866. The maximum absolute atomic E-state index is 12.2. The van der Waals surface area contributed by atoms with Crippen LogP contribution in [0.4, 0.5) is 0 Å². The Bertz CT molecular complexity index is 489. The summed E-state index contributed by atoms with van der Waals surface area (Å²) < 4.78 is 0. The number of aromatic hydroxyl groups is 1. The fourth-order valence-electron chi connectivity index (χ4n) is 2.66. The van der Waals surface area contributed by atoms with Crippen molar-refractivity contribution in [1.29, 1.82) is 0 Å². The van der Waals surface area contributed by atoms with Crippen molar-refractivity contribution in [2.45, 2.75) is 25.9 Å². The van der Waals surface area contributed by atoms with Crippen molar-refractivity contribution in [3.8, 4) is 5.75 Å². The first kappa shape index (κ1) is 15.8. The van der Waals surface area contributed by atoms with Crippen LogP contribution in [0.25, 0.3) is 0 Å². The third kappa shape index (κ3) is 5.02. The number of rotatable bonds is 4. The zero-order valence-corrected chi connectivity index (χ0v) is 12.7. The maximum atomic E-state index is 12.2. The smallest absolute Gasteiger partial charge is 0.227 e. The highest BCUT2D eigenvalue weighted by atomic mass is 16.3. The monoisotopic (exact) mass is 292 g/mol. The summed E-state index contributed by atoms with van der Waals surface area (Å²) in [5, 5.41) is 19.2. The number of amides is 1. The lowest BCUT2D eigenvalue weighted by atomic mass is 10.1. The molecule has 1 aromatic rings. The van der Waals surface area contributed by atoms with Crippen LogP contribution in [0.2, 0.25) is 0 Å². The molecule has 1 aromatic carbocycles. The molecule has 1 amide bonds. The lowest BCUT2D eigenvalue weighted by Crippen LogP contribution is -2.52. The van der Waals surface area contributed by atoms with E-state index in [9.17, 15) is 15.0 Å². The third-order valence-corrected chi connectivity index (χ3v) is 3.60. The molecule has 5 heteroatoms. The molecule has 116 valence electrons. The van der Waals surface area contributed by atoms with E-state index in [-0.39, 0.29) is 11.7 Å². The summed E-state index contributed by atoms with van der Waals surface area (Å²) >= 11 is 0. The van der Waals surface area contributed by atoms with Gasteiger partial charge in [0.15, 0.2) is 0 Å². The molecule has 5 nitrogen and oxygen atoms in total. The van der Waals surface area contributed by atoms with Crippen molar-refractivity contribution in [2.24, 2.45) is 0 Å². The lowest BCUT2D eigenvalue weighted by molar-refractivity contribution is -0.132. The van der Waals surface area contributed by atoms with Gasteiger partial charge in [-0.1, -0.05) is 12.1 Å². The normalized spacial score (nSPS) is 17.0. The predicted molar refractivity (Wildman–Crippen MR) is 81.1 cm³/mol. The predicted octanol–water partition coefficient (Wildman–Crippen LogP) is 0.850. The molecule has 1 fully saturated rings. The van der Waals surface area contributed by atoms with Gasteiger partial charge in [-0.15, -0.1) is 0 Å². The van der Waals surface area contributed by atoms with E-state index >= 15 is 0 Å². The molecular weight excluding hydrogens is 268 g/mol. The van der Waals surface area contributed by atoms with Crippen LogP contribution in [-0.4, -0.2) is 64.2 Å². The molecule has 0 bridgehead atoms. The van der Waals surface area contributed by atoms with Crippen LogP contribution in [0.5, 0.6) is 5.75 Å². The summed E-state index contributed by atoms with van der Waals surface area (Å²) in [5.41, 5.74) is 0.132. The van der Waals surface area contributed by atoms with E-state index in [1.54, 1.807) is 32.0 Å². The molecule has 0 unspecified atom stereocenters. The van der Waals surface area contributed by atoms with Gasteiger partial charge in [0.2, 0.25) is 5.91 Å². The molecule has 2 N–H and O–H groups in total. The highest BCUT2D eigenvalue weighted by molar-refractivity contribution is 5.79. The van der Waals surface area contributed by atoms with Crippen LogP contribution in [-0.2, 0) is 11.2 Å². The maximum Gasteiger partial charge on any atom is 0.227 e. The molecule has 1 saturated heterocycles. The van der Waals surface area contributed by atoms with E-state index in [4.69, 9.17) is 0 Å². The van der Waals surface area contributed by atoms with Crippen molar-refractivity contribution in [3.63, 3.8) is 0 Å². The number of aliphatic hydroxyl groups is 1. The summed E-state index contributed by atoms with van der Waals surface area (Å²) in [6, 6.07) is 6.83. The standard InChI is InChI=1S/C16H24N2O3/c1-16(2,21)12-17-6-8-18(9-7-17)15(20)11-13-4-3-5-14(19)10-13/h3-5,10,19,21H,6-9,11-12H2,1-2H3. The number of piperazine rings is 1. The van der Waals surface area contributed by atoms with Gasteiger partial charge >= 0.3 is 0 Å². The summed E-state index contributed by atoms with van der Waals surface area (Å²) in [7, 11) is 0. The topological polar surface area (TPSA) is 64.0 Å². The molecule has 1 aliphatic rings. The Balaban J connectivity index is 1.83. The van der Waals surface area contributed by atoms with Crippen molar-refractivity contribution >= 4 is 5.91 Å². The van der Waals surface area contributed by atoms with E-state index in [1.807, 2.05) is 11.0 Å². The van der Waals surface area contributed by atoms with Gasteiger partial charge in [0.1, 0.15) is 5.75 Å². The first-order valence-electron chi connectivity index (χ1n) is 7.34. The number of benzene rings is 1. The number of phenolic OH excluding ortho intramolecular Hbond substituents is 1. The number of carbonyl (C=O) groups excluding carboxylic acids is 1. The Morgan fingerprint density at radius 2 is 1.90 bits per heavy atom. The van der Waals surface area contributed by atoms with E-state index < -0.39 is 5.60 Å². The Morgan fingerprint density at radius 3 is 2.48 bits per heavy atom. The van der Waals surface area contributed by atoms with Gasteiger partial charge in [-0.2, -0.15) is 0 Å². The minimum atomic E-state index is -0.701. The first-order valence-corrected chi connectivity index (χ1v) is 7.34. The molecule has 0 spiro atoms. The lowest BCUT2D eigenvalue weighted by Gasteiger charge is -2.37. The van der Waals surface area contributed by atoms with Gasteiger partial charge in [-0.25, -0.2) is 0 Å². The minimum Gasteiger partial charge on any atom is -0.508 e. The first-order chi connectivity index (χ1) is 9.83. The highest BCUT2D eigenvalue weighted by Crippen LogP contribution is 2.14. The second kappa shape index (κ2) is 6.45. The van der Waals surface area contributed by atoms with Crippen molar-refractivity contribution < 1.29 is 15.0 Å². The van der Waals surface area contributed by atoms with E-state index in [2.05, 4.69) is 4.90 Å². The Morgan fingerprint density at radius 1 is 1.24 bits per heavy atom. The van der Waals surface area contributed by atoms with Crippen LogP contribution >= 0.6 is 0 Å². The average molecular weight is 292 g/mol. The average Bonchev–Trinajstić information content (AvgIpc) is 2.37. The molecule has 0 atom stereocenters. The molecule has 0 saturated carbocycles. The Labute approximate surface area is 125 Å². The van der Waals surface area contributed by atoms with E-state index in [0.717, 1.165) is 18.7 Å². The zero-order valence-electron chi connectivity index (χ0n) is 12.7. The number of phenols is 1. The fraction of sp³-hybridized carbons (Fsp3) is 0.562. The van der Waals surface area contributed by atoms with E-state index in [0.29, 0.717) is 26.1 Å². The van der Waals surface area contributed by atoms with Gasteiger partial charge < -0.3 is 15.1 Å². The molecule has 1 aliphatic heterocycles. The number of hydrogen-bond donors (Lipinski definition) is 2. The molecular formula is C16H24N2O3. The third-order valence-electron chi connectivity index (χ3n) is 3.60. The van der Waals surface area contributed by atoms with Gasteiger partial charge in [-0.3, -0.25) is 9.69 Å². The van der Waals surface area contributed by atoms with Crippen LogP contribution in [0, 0.1) is 0 Å². The van der Waals surface area contributed by atoms with Crippen LogP contribution < -0.4 is 0 Å².